The van der Waals surface area contributed by atoms with Crippen molar-refractivity contribution in [1.29, 1.82) is 0 Å². The van der Waals surface area contributed by atoms with Crippen molar-refractivity contribution in [3.8, 4) is 22.6 Å². The molecule has 0 saturated carbocycles. The molecule has 0 unspecified atom stereocenters. The fourth-order valence-electron chi connectivity index (χ4n) is 2.39. The van der Waals surface area contributed by atoms with Crippen molar-refractivity contribution in [2.45, 2.75) is 20.4 Å². The number of nitrogens with one attached hydrogen (secondary N) is 1. The van der Waals surface area contributed by atoms with Crippen molar-refractivity contribution in [2.24, 2.45) is 0 Å². The molecule has 2 aromatic rings. The number of ether oxygens (including phenoxy) is 2. The number of hydrogen-bond acceptors (Lipinski definition) is 3. The van der Waals surface area contributed by atoms with Gasteiger partial charge in [-0.2, -0.15) is 0 Å². The molecule has 3 nitrogen and oxygen atoms in total. The summed E-state index contributed by atoms with van der Waals surface area (Å²) in [6.45, 7) is 5.91. The molecule has 0 fully saturated rings. The topological polar surface area (TPSA) is 30.5 Å². The maximum Gasteiger partial charge on any atom is 0.126 e. The van der Waals surface area contributed by atoms with Crippen LogP contribution in [0.4, 0.5) is 0 Å². The van der Waals surface area contributed by atoms with E-state index in [-0.39, 0.29) is 0 Å². The number of aryl methyl sites for hydroxylation is 1. The van der Waals surface area contributed by atoms with Gasteiger partial charge in [0.1, 0.15) is 11.5 Å². The first-order valence-electron chi connectivity index (χ1n) is 7.22. The number of hydrogen-bond donors (Lipinski definition) is 1. The van der Waals surface area contributed by atoms with E-state index < -0.39 is 0 Å². The number of methoxy groups -OCH3 is 2. The van der Waals surface area contributed by atoms with Crippen molar-refractivity contribution in [2.75, 3.05) is 20.8 Å². The lowest BCUT2D eigenvalue weighted by Crippen LogP contribution is -2.12. The van der Waals surface area contributed by atoms with Crippen molar-refractivity contribution >= 4 is 0 Å². The quantitative estimate of drug-likeness (QED) is 0.876. The fourth-order valence-corrected chi connectivity index (χ4v) is 2.39. The molecular weight excluding hydrogens is 262 g/mol. The normalized spacial score (nSPS) is 10.5. The second kappa shape index (κ2) is 7.14. The molecule has 0 heterocycles. The van der Waals surface area contributed by atoms with Gasteiger partial charge in [-0.25, -0.2) is 0 Å². The van der Waals surface area contributed by atoms with Gasteiger partial charge in [0.05, 0.1) is 14.2 Å². The van der Waals surface area contributed by atoms with E-state index in [0.29, 0.717) is 0 Å². The molecule has 0 atom stereocenters. The smallest absolute Gasteiger partial charge is 0.126 e. The number of rotatable bonds is 6. The molecule has 0 radical (unpaired) electrons. The molecule has 0 aliphatic rings. The van der Waals surface area contributed by atoms with Gasteiger partial charge in [0.15, 0.2) is 0 Å². The predicted molar refractivity (Wildman–Crippen MR) is 87.1 cm³/mol. The summed E-state index contributed by atoms with van der Waals surface area (Å²) in [6, 6.07) is 12.5. The van der Waals surface area contributed by atoms with Crippen LogP contribution in [0, 0.1) is 6.92 Å². The first-order chi connectivity index (χ1) is 10.2. The fraction of sp³-hybridized carbons (Fsp3) is 0.333. The Morgan fingerprint density at radius 2 is 1.67 bits per heavy atom. The standard InChI is InChI=1S/C18H23NO2/c1-5-19-12-15-11-14(7-9-17(15)20-3)16-10-13(2)6-8-18(16)21-4/h6-11,19H,5,12H2,1-4H3. The Morgan fingerprint density at radius 1 is 0.952 bits per heavy atom. The zero-order valence-corrected chi connectivity index (χ0v) is 13.2. The molecular formula is C18H23NO2. The van der Waals surface area contributed by atoms with E-state index in [9.17, 15) is 0 Å². The minimum atomic E-state index is 0.793. The van der Waals surface area contributed by atoms with Gasteiger partial charge in [-0.15, -0.1) is 0 Å². The first kappa shape index (κ1) is 15.4. The molecule has 0 spiro atoms. The summed E-state index contributed by atoms with van der Waals surface area (Å²) in [5.74, 6) is 1.80. The Morgan fingerprint density at radius 3 is 2.33 bits per heavy atom. The van der Waals surface area contributed by atoms with Gasteiger partial charge in [-0.1, -0.05) is 24.6 Å². The molecule has 112 valence electrons. The summed E-state index contributed by atoms with van der Waals surface area (Å²) >= 11 is 0. The van der Waals surface area contributed by atoms with Gasteiger partial charge < -0.3 is 14.8 Å². The molecule has 3 heteroatoms. The maximum atomic E-state index is 5.49. The van der Waals surface area contributed by atoms with E-state index in [1.165, 1.54) is 5.56 Å². The zero-order chi connectivity index (χ0) is 15.2. The highest BCUT2D eigenvalue weighted by molar-refractivity contribution is 5.72. The lowest BCUT2D eigenvalue weighted by atomic mass is 9.99. The summed E-state index contributed by atoms with van der Waals surface area (Å²) in [5.41, 5.74) is 4.62. The van der Waals surface area contributed by atoms with Crippen LogP contribution in [0.5, 0.6) is 11.5 Å². The van der Waals surface area contributed by atoms with Crippen LogP contribution < -0.4 is 14.8 Å². The van der Waals surface area contributed by atoms with Gasteiger partial charge in [-0.05, 0) is 43.3 Å². The minimum absolute atomic E-state index is 0.793. The van der Waals surface area contributed by atoms with E-state index in [1.807, 2.05) is 12.1 Å². The molecule has 0 saturated heterocycles. The molecule has 0 aromatic heterocycles. The van der Waals surface area contributed by atoms with Gasteiger partial charge in [0, 0.05) is 17.7 Å². The third-order valence-corrected chi connectivity index (χ3v) is 3.51. The van der Waals surface area contributed by atoms with E-state index >= 15 is 0 Å². The monoisotopic (exact) mass is 285 g/mol. The lowest BCUT2D eigenvalue weighted by Gasteiger charge is -2.14. The van der Waals surface area contributed by atoms with Crippen LogP contribution in [0.2, 0.25) is 0 Å². The Hall–Kier alpha value is -2.00. The van der Waals surface area contributed by atoms with Gasteiger partial charge in [0.2, 0.25) is 0 Å². The van der Waals surface area contributed by atoms with Crippen LogP contribution in [0.25, 0.3) is 11.1 Å². The molecule has 0 aliphatic carbocycles. The molecule has 0 aliphatic heterocycles. The average molecular weight is 285 g/mol. The van der Waals surface area contributed by atoms with E-state index in [0.717, 1.165) is 41.3 Å². The summed E-state index contributed by atoms with van der Waals surface area (Å²) < 4.78 is 10.9. The van der Waals surface area contributed by atoms with Crippen molar-refractivity contribution in [3.05, 3.63) is 47.5 Å². The van der Waals surface area contributed by atoms with Gasteiger partial charge in [-0.3, -0.25) is 0 Å². The Bertz CT molecular complexity index is 608. The molecule has 1 N–H and O–H groups in total. The summed E-state index contributed by atoms with van der Waals surface area (Å²) in [6.07, 6.45) is 0. The van der Waals surface area contributed by atoms with Crippen LogP contribution >= 0.6 is 0 Å². The lowest BCUT2D eigenvalue weighted by molar-refractivity contribution is 0.408. The SMILES string of the molecule is CCNCc1cc(-c2cc(C)ccc2OC)ccc1OC. The first-order valence-corrected chi connectivity index (χ1v) is 7.22. The maximum absolute atomic E-state index is 5.49. The minimum Gasteiger partial charge on any atom is -0.496 e. The van der Waals surface area contributed by atoms with Gasteiger partial charge >= 0.3 is 0 Å². The van der Waals surface area contributed by atoms with E-state index in [1.54, 1.807) is 14.2 Å². The third kappa shape index (κ3) is 3.56. The molecule has 2 rings (SSSR count). The van der Waals surface area contributed by atoms with Gasteiger partial charge in [0.25, 0.3) is 0 Å². The largest absolute Gasteiger partial charge is 0.496 e. The molecule has 0 bridgehead atoms. The highest BCUT2D eigenvalue weighted by atomic mass is 16.5. The summed E-state index contributed by atoms with van der Waals surface area (Å²) in [4.78, 5) is 0. The Balaban J connectivity index is 2.46. The molecule has 0 amide bonds. The van der Waals surface area contributed by atoms with Crippen molar-refractivity contribution in [3.63, 3.8) is 0 Å². The van der Waals surface area contributed by atoms with Crippen LogP contribution in [0.1, 0.15) is 18.1 Å². The highest BCUT2D eigenvalue weighted by Gasteiger charge is 2.10. The van der Waals surface area contributed by atoms with Crippen LogP contribution in [0.15, 0.2) is 36.4 Å². The zero-order valence-electron chi connectivity index (χ0n) is 13.2. The Labute approximate surface area is 126 Å². The second-order valence-corrected chi connectivity index (χ2v) is 5.01. The van der Waals surface area contributed by atoms with E-state index in [4.69, 9.17) is 9.47 Å². The van der Waals surface area contributed by atoms with Crippen molar-refractivity contribution in [1.82, 2.24) is 5.32 Å². The summed E-state index contributed by atoms with van der Waals surface area (Å²) in [7, 11) is 3.41. The van der Waals surface area contributed by atoms with Crippen LogP contribution in [-0.4, -0.2) is 20.8 Å². The Kier molecular flexibility index (Phi) is 5.23. The van der Waals surface area contributed by atoms with Crippen LogP contribution in [-0.2, 0) is 6.54 Å². The van der Waals surface area contributed by atoms with E-state index in [2.05, 4.69) is 43.4 Å². The molecule has 2 aromatic carbocycles. The predicted octanol–water partition coefficient (Wildman–Crippen LogP) is 3.79. The number of benzene rings is 2. The molecule has 21 heavy (non-hydrogen) atoms. The average Bonchev–Trinajstić information content (AvgIpc) is 2.52. The third-order valence-electron chi connectivity index (χ3n) is 3.51. The highest BCUT2D eigenvalue weighted by Crippen LogP contribution is 2.33. The van der Waals surface area contributed by atoms with Crippen LogP contribution in [0.3, 0.4) is 0 Å². The second-order valence-electron chi connectivity index (χ2n) is 5.01. The van der Waals surface area contributed by atoms with Crippen molar-refractivity contribution < 1.29 is 9.47 Å². The summed E-state index contributed by atoms with van der Waals surface area (Å²) in [5, 5.41) is 3.35.